The zero-order chi connectivity index (χ0) is 23.1. The molecule has 0 atom stereocenters. The summed E-state index contributed by atoms with van der Waals surface area (Å²) in [5.74, 6) is 0. The van der Waals surface area contributed by atoms with Crippen LogP contribution in [0.5, 0.6) is 0 Å². The van der Waals surface area contributed by atoms with Gasteiger partial charge in [0.1, 0.15) is 0 Å². The molecule has 8 nitrogen and oxygen atoms in total. The van der Waals surface area contributed by atoms with Crippen LogP contribution in [-0.4, -0.2) is 34.7 Å². The fourth-order valence-electron chi connectivity index (χ4n) is 2.49. The second-order valence-electron chi connectivity index (χ2n) is 7.30. The van der Waals surface area contributed by atoms with E-state index in [1.807, 2.05) is 0 Å². The third-order valence-corrected chi connectivity index (χ3v) is 6.86. The van der Waals surface area contributed by atoms with Gasteiger partial charge >= 0.3 is 15.6 Å². The third-order valence-electron chi connectivity index (χ3n) is 4.21. The first-order valence-corrected chi connectivity index (χ1v) is 14.5. The van der Waals surface area contributed by atoms with Crippen LogP contribution in [0, 0.1) is 0 Å². The maximum Gasteiger partial charge on any atom is 0.483 e. The molecule has 0 aliphatic carbocycles. The SMILES string of the molecule is CCCCCCCCOP(=O)(OCCCCCCCC)OP(=O)(O)O.CCCCO. The van der Waals surface area contributed by atoms with Crippen molar-refractivity contribution in [2.24, 2.45) is 0 Å². The van der Waals surface area contributed by atoms with Crippen molar-refractivity contribution >= 4 is 15.6 Å². The van der Waals surface area contributed by atoms with Crippen LogP contribution in [0.3, 0.4) is 0 Å². The van der Waals surface area contributed by atoms with Crippen LogP contribution in [0.1, 0.15) is 111 Å². The van der Waals surface area contributed by atoms with Gasteiger partial charge in [-0.25, -0.2) is 9.13 Å². The highest BCUT2D eigenvalue weighted by Crippen LogP contribution is 2.61. The molecule has 0 rings (SSSR count). The molecule has 0 unspecified atom stereocenters. The molecule has 0 spiro atoms. The van der Waals surface area contributed by atoms with Gasteiger partial charge in [0.05, 0.1) is 13.2 Å². The minimum atomic E-state index is -4.94. The van der Waals surface area contributed by atoms with E-state index < -0.39 is 15.6 Å². The number of aliphatic hydroxyl groups excluding tert-OH is 1. The van der Waals surface area contributed by atoms with Crippen LogP contribution in [0.25, 0.3) is 0 Å². The largest absolute Gasteiger partial charge is 0.483 e. The van der Waals surface area contributed by atoms with Crippen molar-refractivity contribution in [3.63, 3.8) is 0 Å². The second kappa shape index (κ2) is 22.4. The minimum absolute atomic E-state index is 0.0971. The summed E-state index contributed by atoms with van der Waals surface area (Å²) in [6, 6.07) is 0. The Balaban J connectivity index is 0. The minimum Gasteiger partial charge on any atom is -0.396 e. The fraction of sp³-hybridized carbons (Fsp3) is 1.00. The first-order chi connectivity index (χ1) is 14.2. The molecule has 0 amide bonds. The molecule has 0 radical (unpaired) electrons. The van der Waals surface area contributed by atoms with Crippen LogP contribution >= 0.6 is 15.6 Å². The lowest BCUT2D eigenvalue weighted by atomic mass is 10.1. The van der Waals surface area contributed by atoms with Gasteiger partial charge in [-0.1, -0.05) is 91.4 Å². The van der Waals surface area contributed by atoms with Gasteiger partial charge in [-0.3, -0.25) is 9.05 Å². The smallest absolute Gasteiger partial charge is 0.396 e. The van der Waals surface area contributed by atoms with Crippen molar-refractivity contribution in [1.29, 1.82) is 0 Å². The van der Waals surface area contributed by atoms with Crippen LogP contribution in [0.15, 0.2) is 0 Å². The number of aliphatic hydroxyl groups is 1. The van der Waals surface area contributed by atoms with Crippen molar-refractivity contribution in [3.8, 4) is 0 Å². The number of hydrogen-bond acceptors (Lipinski definition) is 6. The summed E-state index contributed by atoms with van der Waals surface area (Å²) in [6.07, 6.45) is 14.2. The van der Waals surface area contributed by atoms with E-state index in [4.69, 9.17) is 23.9 Å². The van der Waals surface area contributed by atoms with E-state index >= 15 is 0 Å². The quantitative estimate of drug-likeness (QED) is 0.130. The molecular formula is C20H46O8P2. The van der Waals surface area contributed by atoms with E-state index in [1.54, 1.807) is 0 Å². The summed E-state index contributed by atoms with van der Waals surface area (Å²) in [4.78, 5) is 17.8. The Bertz CT molecular complexity index is 419. The topological polar surface area (TPSA) is 123 Å². The zero-order valence-corrected chi connectivity index (χ0v) is 21.1. The summed E-state index contributed by atoms with van der Waals surface area (Å²) in [6.45, 7) is 6.87. The maximum absolute atomic E-state index is 12.3. The van der Waals surface area contributed by atoms with Gasteiger partial charge in [-0.2, -0.15) is 4.31 Å². The third kappa shape index (κ3) is 26.3. The highest BCUT2D eigenvalue weighted by atomic mass is 31.3. The first kappa shape index (κ1) is 32.4. The Kier molecular flexibility index (Phi) is 24.2. The fourth-order valence-corrected chi connectivity index (χ4v) is 4.69. The van der Waals surface area contributed by atoms with Gasteiger partial charge in [-0.05, 0) is 19.3 Å². The molecule has 0 saturated heterocycles. The van der Waals surface area contributed by atoms with E-state index in [0.29, 0.717) is 19.4 Å². The lowest BCUT2D eigenvalue weighted by Gasteiger charge is -2.18. The predicted molar refractivity (Wildman–Crippen MR) is 121 cm³/mol. The van der Waals surface area contributed by atoms with Gasteiger partial charge in [0, 0.05) is 6.61 Å². The normalized spacial score (nSPS) is 11.9. The Morgan fingerprint density at radius 3 is 1.27 bits per heavy atom. The van der Waals surface area contributed by atoms with Crippen LogP contribution in [0.4, 0.5) is 0 Å². The average Bonchev–Trinajstić information content (AvgIpc) is 2.66. The molecule has 30 heavy (non-hydrogen) atoms. The molecule has 0 aliphatic rings. The Morgan fingerprint density at radius 2 is 0.967 bits per heavy atom. The molecule has 184 valence electrons. The number of phosphoric ester groups is 1. The van der Waals surface area contributed by atoms with Crippen molar-refractivity contribution in [3.05, 3.63) is 0 Å². The number of hydrogen-bond donors (Lipinski definition) is 3. The Labute approximate surface area is 184 Å². The number of rotatable bonds is 20. The summed E-state index contributed by atoms with van der Waals surface area (Å²) in [5.41, 5.74) is 0. The summed E-state index contributed by atoms with van der Waals surface area (Å²) < 4.78 is 37.8. The molecule has 0 fully saturated rings. The standard InChI is InChI=1S/C16H36O7P2.C4H10O/c1-3-5-7-9-11-13-15-21-25(20,23-24(17,18)19)22-16-14-12-10-8-6-4-2;1-2-3-4-5/h3-16H2,1-2H3,(H2,17,18,19);5H,2-4H2,1H3. The van der Waals surface area contributed by atoms with Gasteiger partial charge in [0.25, 0.3) is 0 Å². The molecular weight excluding hydrogens is 430 g/mol. The average molecular weight is 477 g/mol. The van der Waals surface area contributed by atoms with Gasteiger partial charge in [0.2, 0.25) is 0 Å². The molecule has 0 aliphatic heterocycles. The maximum atomic E-state index is 12.3. The molecule has 0 bridgehead atoms. The zero-order valence-electron chi connectivity index (χ0n) is 19.3. The Morgan fingerprint density at radius 1 is 0.600 bits per heavy atom. The van der Waals surface area contributed by atoms with Crippen molar-refractivity contribution in [1.82, 2.24) is 0 Å². The van der Waals surface area contributed by atoms with E-state index in [1.165, 1.54) is 12.8 Å². The van der Waals surface area contributed by atoms with Gasteiger partial charge in [-0.15, -0.1) is 0 Å². The first-order valence-electron chi connectivity index (χ1n) is 11.5. The summed E-state index contributed by atoms with van der Waals surface area (Å²) in [5, 5.41) is 8.07. The molecule has 0 aromatic rings. The molecule has 0 heterocycles. The molecule has 10 heteroatoms. The number of unbranched alkanes of at least 4 members (excludes halogenated alkanes) is 11. The highest BCUT2D eigenvalue weighted by molar-refractivity contribution is 7.61. The van der Waals surface area contributed by atoms with E-state index in [-0.39, 0.29) is 13.2 Å². The lowest BCUT2D eigenvalue weighted by molar-refractivity contribution is 0.136. The second-order valence-corrected chi connectivity index (χ2v) is 10.3. The summed E-state index contributed by atoms with van der Waals surface area (Å²) >= 11 is 0. The van der Waals surface area contributed by atoms with E-state index in [2.05, 4.69) is 25.1 Å². The van der Waals surface area contributed by atoms with Gasteiger partial charge in [0.15, 0.2) is 0 Å². The van der Waals surface area contributed by atoms with Gasteiger partial charge < -0.3 is 14.9 Å². The molecule has 0 aromatic carbocycles. The predicted octanol–water partition coefficient (Wildman–Crippen LogP) is 6.74. The summed E-state index contributed by atoms with van der Waals surface area (Å²) in [7, 11) is -9.17. The van der Waals surface area contributed by atoms with E-state index in [9.17, 15) is 9.13 Å². The molecule has 0 aromatic heterocycles. The molecule has 0 saturated carbocycles. The van der Waals surface area contributed by atoms with E-state index in [0.717, 1.165) is 64.2 Å². The Hall–Kier alpha value is 0.220. The van der Waals surface area contributed by atoms with Crippen molar-refractivity contribution < 1.29 is 37.4 Å². The van der Waals surface area contributed by atoms with Crippen LogP contribution in [-0.2, 0) is 22.5 Å². The highest BCUT2D eigenvalue weighted by Gasteiger charge is 2.35. The van der Waals surface area contributed by atoms with Crippen LogP contribution in [0.2, 0.25) is 0 Å². The monoisotopic (exact) mass is 476 g/mol. The van der Waals surface area contributed by atoms with Crippen molar-refractivity contribution in [2.45, 2.75) is 111 Å². The number of phosphoric acid groups is 2. The molecule has 3 N–H and O–H groups in total. The van der Waals surface area contributed by atoms with Crippen LogP contribution < -0.4 is 0 Å². The lowest BCUT2D eigenvalue weighted by Crippen LogP contribution is -2.02. The van der Waals surface area contributed by atoms with Crippen molar-refractivity contribution in [2.75, 3.05) is 19.8 Å².